The molecule has 0 aliphatic heterocycles. The summed E-state index contributed by atoms with van der Waals surface area (Å²) in [6.45, 7) is 6.73. The van der Waals surface area contributed by atoms with Crippen LogP contribution >= 0.6 is 0 Å². The summed E-state index contributed by atoms with van der Waals surface area (Å²) in [7, 11) is 1.62. The number of rotatable bonds is 6. The van der Waals surface area contributed by atoms with E-state index in [0.29, 0.717) is 11.4 Å². The monoisotopic (exact) mass is 353 g/mol. The first-order chi connectivity index (χ1) is 12.5. The molecule has 0 saturated carbocycles. The number of methoxy groups -OCH3 is 1. The number of hydrogen-bond acceptors (Lipinski definition) is 4. The fourth-order valence-electron chi connectivity index (χ4n) is 2.82. The van der Waals surface area contributed by atoms with E-state index in [1.807, 2.05) is 55.9 Å². The number of nitrogens with zero attached hydrogens (tertiary/aromatic N) is 3. The van der Waals surface area contributed by atoms with E-state index in [1.54, 1.807) is 13.2 Å². The molecule has 0 spiro atoms. The lowest BCUT2D eigenvalue weighted by Gasteiger charge is -2.12. The van der Waals surface area contributed by atoms with Gasteiger partial charge in [0.05, 0.1) is 24.5 Å². The quantitative estimate of drug-likeness (QED) is 0.713. The number of aromatic amines is 1. The zero-order chi connectivity index (χ0) is 18.7. The van der Waals surface area contributed by atoms with Gasteiger partial charge in [-0.05, 0) is 51.1 Å². The molecule has 0 aliphatic carbocycles. The fourth-order valence-corrected chi connectivity index (χ4v) is 2.82. The number of aromatic nitrogens is 4. The second kappa shape index (κ2) is 7.43. The van der Waals surface area contributed by atoms with Crippen molar-refractivity contribution >= 4 is 5.91 Å². The molecule has 136 valence electrons. The van der Waals surface area contributed by atoms with Gasteiger partial charge in [0.25, 0.3) is 5.91 Å². The number of ether oxygens (including phenoxy) is 1. The standard InChI is InChI=1S/C19H23N5O2/c1-5-24-11-16(13(3)23-24)12(2)20-19(25)18-10-17(21-22-18)14-6-8-15(26-4)9-7-14/h6-12H,5H2,1-4H3,(H,20,25)(H,21,22). The minimum atomic E-state index is -0.201. The highest BCUT2D eigenvalue weighted by atomic mass is 16.5. The highest BCUT2D eigenvalue weighted by Crippen LogP contribution is 2.22. The van der Waals surface area contributed by atoms with E-state index in [9.17, 15) is 4.79 Å². The van der Waals surface area contributed by atoms with Gasteiger partial charge in [-0.3, -0.25) is 14.6 Å². The number of carbonyl (C=O) groups is 1. The van der Waals surface area contributed by atoms with Gasteiger partial charge in [-0.25, -0.2) is 0 Å². The van der Waals surface area contributed by atoms with Gasteiger partial charge in [-0.2, -0.15) is 10.2 Å². The van der Waals surface area contributed by atoms with Gasteiger partial charge < -0.3 is 10.1 Å². The Morgan fingerprint density at radius 2 is 2.08 bits per heavy atom. The summed E-state index contributed by atoms with van der Waals surface area (Å²) in [6.07, 6.45) is 1.97. The van der Waals surface area contributed by atoms with Crippen molar-refractivity contribution in [1.29, 1.82) is 0 Å². The number of benzene rings is 1. The van der Waals surface area contributed by atoms with E-state index in [1.165, 1.54) is 0 Å². The third-order valence-corrected chi connectivity index (χ3v) is 4.33. The maximum Gasteiger partial charge on any atom is 0.269 e. The van der Waals surface area contributed by atoms with Crippen LogP contribution in [0.5, 0.6) is 5.75 Å². The van der Waals surface area contributed by atoms with Crippen molar-refractivity contribution in [3.05, 3.63) is 53.5 Å². The molecule has 2 heterocycles. The summed E-state index contributed by atoms with van der Waals surface area (Å²) < 4.78 is 7.02. The van der Waals surface area contributed by atoms with Gasteiger partial charge in [-0.15, -0.1) is 0 Å². The third kappa shape index (κ3) is 3.61. The summed E-state index contributed by atoms with van der Waals surface area (Å²) in [4.78, 5) is 12.5. The van der Waals surface area contributed by atoms with Crippen molar-refractivity contribution < 1.29 is 9.53 Å². The molecule has 0 fully saturated rings. The van der Waals surface area contributed by atoms with Gasteiger partial charge >= 0.3 is 0 Å². The summed E-state index contributed by atoms with van der Waals surface area (Å²) >= 11 is 0. The van der Waals surface area contributed by atoms with Crippen LogP contribution in [0.2, 0.25) is 0 Å². The van der Waals surface area contributed by atoms with Crippen LogP contribution in [-0.4, -0.2) is 33.0 Å². The second-order valence-electron chi connectivity index (χ2n) is 6.12. The van der Waals surface area contributed by atoms with Crippen LogP contribution < -0.4 is 10.1 Å². The zero-order valence-electron chi connectivity index (χ0n) is 15.4. The van der Waals surface area contributed by atoms with Crippen LogP contribution in [0.4, 0.5) is 0 Å². The molecule has 1 aromatic carbocycles. The van der Waals surface area contributed by atoms with E-state index in [4.69, 9.17) is 4.74 Å². The molecule has 0 saturated heterocycles. The van der Waals surface area contributed by atoms with Crippen LogP contribution in [0, 0.1) is 6.92 Å². The first-order valence-electron chi connectivity index (χ1n) is 8.56. The van der Waals surface area contributed by atoms with Crippen LogP contribution in [0.25, 0.3) is 11.3 Å². The molecule has 1 unspecified atom stereocenters. The summed E-state index contributed by atoms with van der Waals surface area (Å²) in [5, 5.41) is 14.5. The normalized spacial score (nSPS) is 12.0. The highest BCUT2D eigenvalue weighted by Gasteiger charge is 2.17. The maximum atomic E-state index is 12.5. The number of H-pyrrole nitrogens is 1. The maximum absolute atomic E-state index is 12.5. The Balaban J connectivity index is 1.72. The minimum Gasteiger partial charge on any atom is -0.497 e. The topological polar surface area (TPSA) is 84.8 Å². The molecule has 7 nitrogen and oxygen atoms in total. The molecule has 0 radical (unpaired) electrons. The number of carbonyl (C=O) groups excluding carboxylic acids is 1. The summed E-state index contributed by atoms with van der Waals surface area (Å²) in [5.74, 6) is 0.576. The van der Waals surface area contributed by atoms with E-state index < -0.39 is 0 Å². The molecular weight excluding hydrogens is 330 g/mol. The molecule has 0 bridgehead atoms. The van der Waals surface area contributed by atoms with Gasteiger partial charge in [0.2, 0.25) is 0 Å². The molecule has 1 amide bonds. The van der Waals surface area contributed by atoms with Gasteiger partial charge in [0.15, 0.2) is 0 Å². The van der Waals surface area contributed by atoms with E-state index in [2.05, 4.69) is 20.6 Å². The Morgan fingerprint density at radius 1 is 1.35 bits per heavy atom. The SMILES string of the molecule is CCn1cc(C(C)NC(=O)c2cc(-c3ccc(OC)cc3)n[nH]2)c(C)n1. The zero-order valence-corrected chi connectivity index (χ0v) is 15.4. The Hall–Kier alpha value is -3.09. The van der Waals surface area contributed by atoms with Crippen LogP contribution in [0.1, 0.15) is 41.6 Å². The average Bonchev–Trinajstić information content (AvgIpc) is 3.28. The number of amides is 1. The van der Waals surface area contributed by atoms with Crippen LogP contribution in [0.15, 0.2) is 36.5 Å². The van der Waals surface area contributed by atoms with Crippen molar-refractivity contribution in [3.63, 3.8) is 0 Å². The Morgan fingerprint density at radius 3 is 2.69 bits per heavy atom. The van der Waals surface area contributed by atoms with Crippen molar-refractivity contribution in [1.82, 2.24) is 25.3 Å². The molecule has 2 aromatic heterocycles. The molecule has 7 heteroatoms. The molecule has 3 rings (SSSR count). The van der Waals surface area contributed by atoms with Crippen molar-refractivity contribution in [2.75, 3.05) is 7.11 Å². The largest absolute Gasteiger partial charge is 0.497 e. The predicted octanol–water partition coefficient (Wildman–Crippen LogP) is 3.10. The third-order valence-electron chi connectivity index (χ3n) is 4.33. The molecular formula is C19H23N5O2. The van der Waals surface area contributed by atoms with Gasteiger partial charge in [-0.1, -0.05) is 0 Å². The van der Waals surface area contributed by atoms with E-state index in [-0.39, 0.29) is 11.9 Å². The second-order valence-corrected chi connectivity index (χ2v) is 6.12. The summed E-state index contributed by atoms with van der Waals surface area (Å²) in [5.41, 5.74) is 3.97. The molecule has 1 atom stereocenters. The predicted molar refractivity (Wildman–Crippen MR) is 99.1 cm³/mol. The first-order valence-corrected chi connectivity index (χ1v) is 8.56. The Bertz CT molecular complexity index is 895. The molecule has 26 heavy (non-hydrogen) atoms. The number of nitrogens with one attached hydrogen (secondary N) is 2. The van der Waals surface area contributed by atoms with Crippen LogP contribution in [0.3, 0.4) is 0 Å². The molecule has 3 aromatic rings. The van der Waals surface area contributed by atoms with Crippen LogP contribution in [-0.2, 0) is 6.54 Å². The lowest BCUT2D eigenvalue weighted by Crippen LogP contribution is -2.27. The Labute approximate surface area is 152 Å². The highest BCUT2D eigenvalue weighted by molar-refractivity contribution is 5.93. The first kappa shape index (κ1) is 17.7. The molecule has 2 N–H and O–H groups in total. The molecule has 0 aliphatic rings. The Kier molecular flexibility index (Phi) is 5.06. The smallest absolute Gasteiger partial charge is 0.269 e. The van der Waals surface area contributed by atoms with Crippen molar-refractivity contribution in [2.45, 2.75) is 33.4 Å². The van der Waals surface area contributed by atoms with Crippen molar-refractivity contribution in [2.24, 2.45) is 0 Å². The minimum absolute atomic E-state index is 0.143. The lowest BCUT2D eigenvalue weighted by atomic mass is 10.1. The number of aryl methyl sites for hydroxylation is 2. The van der Waals surface area contributed by atoms with E-state index in [0.717, 1.165) is 29.1 Å². The lowest BCUT2D eigenvalue weighted by molar-refractivity contribution is 0.0934. The van der Waals surface area contributed by atoms with Gasteiger partial charge in [0, 0.05) is 23.9 Å². The summed E-state index contributed by atoms with van der Waals surface area (Å²) in [6, 6.07) is 9.13. The number of hydrogen-bond donors (Lipinski definition) is 2. The fraction of sp³-hybridized carbons (Fsp3) is 0.316. The van der Waals surface area contributed by atoms with Crippen molar-refractivity contribution in [3.8, 4) is 17.0 Å². The van der Waals surface area contributed by atoms with Gasteiger partial charge in [0.1, 0.15) is 11.4 Å². The van der Waals surface area contributed by atoms with E-state index >= 15 is 0 Å². The average molecular weight is 353 g/mol.